The molecule has 1 saturated heterocycles. The molecule has 3 aromatic rings. The van der Waals surface area contributed by atoms with Crippen LogP contribution >= 0.6 is 11.3 Å². The van der Waals surface area contributed by atoms with Gasteiger partial charge in [0.15, 0.2) is 0 Å². The summed E-state index contributed by atoms with van der Waals surface area (Å²) in [5.41, 5.74) is 4.37. The lowest BCUT2D eigenvalue weighted by Crippen LogP contribution is -2.47. The molecule has 0 bridgehead atoms. The number of likely N-dealkylation sites (tertiary alicyclic amines) is 1. The molecule has 0 radical (unpaired) electrons. The lowest BCUT2D eigenvalue weighted by Gasteiger charge is -2.30. The predicted molar refractivity (Wildman–Crippen MR) is 103 cm³/mol. The van der Waals surface area contributed by atoms with Crippen molar-refractivity contribution in [1.82, 2.24) is 20.2 Å². The zero-order valence-electron chi connectivity index (χ0n) is 15.4. The summed E-state index contributed by atoms with van der Waals surface area (Å²) in [4.78, 5) is 21.0. The fourth-order valence-corrected chi connectivity index (χ4v) is 3.79. The van der Waals surface area contributed by atoms with Gasteiger partial charge in [-0.1, -0.05) is 0 Å². The number of hydrogen-bond acceptors (Lipinski definition) is 4. The number of amides is 2. The van der Waals surface area contributed by atoms with E-state index in [-0.39, 0.29) is 18.3 Å². The summed E-state index contributed by atoms with van der Waals surface area (Å²) in [6.45, 7) is 1.77. The molecule has 4 rings (SSSR count). The number of H-pyrrole nitrogens is 1. The van der Waals surface area contributed by atoms with Crippen molar-refractivity contribution in [3.8, 4) is 5.75 Å². The van der Waals surface area contributed by atoms with Crippen molar-refractivity contribution in [3.63, 3.8) is 0 Å². The fraction of sp³-hybridized carbons (Fsp3) is 0.368. The van der Waals surface area contributed by atoms with Gasteiger partial charge in [0.25, 0.3) is 0 Å². The van der Waals surface area contributed by atoms with Crippen molar-refractivity contribution < 1.29 is 22.7 Å². The Morgan fingerprint density at radius 2 is 2.10 bits per heavy atom. The van der Waals surface area contributed by atoms with E-state index in [2.05, 4.69) is 20.0 Å². The molecule has 0 aliphatic carbocycles. The Morgan fingerprint density at radius 3 is 2.76 bits per heavy atom. The third kappa shape index (κ3) is 4.81. The summed E-state index contributed by atoms with van der Waals surface area (Å²) in [5, 5.41) is 5.27. The van der Waals surface area contributed by atoms with Crippen molar-refractivity contribution in [2.75, 3.05) is 13.1 Å². The van der Waals surface area contributed by atoms with Crippen LogP contribution < -0.4 is 10.1 Å². The van der Waals surface area contributed by atoms with Crippen LogP contribution in [0.25, 0.3) is 10.9 Å². The molecule has 1 aliphatic rings. The van der Waals surface area contributed by atoms with Crippen LogP contribution in [0.4, 0.5) is 18.0 Å². The van der Waals surface area contributed by atoms with Gasteiger partial charge in [-0.05, 0) is 43.0 Å². The lowest BCUT2D eigenvalue weighted by atomic mass is 10.1. The summed E-state index contributed by atoms with van der Waals surface area (Å²) < 4.78 is 42.9. The number of fused-ring (bicyclic) bond motifs is 1. The summed E-state index contributed by atoms with van der Waals surface area (Å²) in [6, 6.07) is 4.64. The highest BCUT2D eigenvalue weighted by Crippen LogP contribution is 2.32. The minimum Gasteiger partial charge on any atom is -0.405 e. The monoisotopic (exact) mass is 424 g/mol. The van der Waals surface area contributed by atoms with Crippen molar-refractivity contribution >= 4 is 28.3 Å². The first-order valence-electron chi connectivity index (χ1n) is 9.17. The number of hydrogen-bond donors (Lipinski definition) is 2. The van der Waals surface area contributed by atoms with Crippen LogP contribution in [0.1, 0.15) is 23.4 Å². The van der Waals surface area contributed by atoms with E-state index in [1.165, 1.54) is 17.4 Å². The third-order valence-corrected chi connectivity index (χ3v) is 5.43. The van der Waals surface area contributed by atoms with Crippen LogP contribution in [0.5, 0.6) is 5.75 Å². The van der Waals surface area contributed by atoms with E-state index in [1.807, 2.05) is 5.38 Å². The molecule has 2 N–H and O–H groups in total. The number of aromatic amines is 1. The number of carbonyl (C=O) groups excluding carboxylic acids is 1. The molecule has 6 nitrogen and oxygen atoms in total. The second kappa shape index (κ2) is 7.94. The largest absolute Gasteiger partial charge is 0.573 e. The number of aryl methyl sites for hydroxylation is 2. The number of halogens is 3. The second-order valence-corrected chi connectivity index (χ2v) is 7.59. The predicted octanol–water partition coefficient (Wildman–Crippen LogP) is 4.22. The van der Waals surface area contributed by atoms with Crippen LogP contribution in [0, 0.1) is 0 Å². The van der Waals surface area contributed by atoms with Crippen LogP contribution in [-0.4, -0.2) is 40.4 Å². The molecular weight excluding hydrogens is 405 g/mol. The van der Waals surface area contributed by atoms with Gasteiger partial charge in [-0.15, -0.1) is 24.5 Å². The molecule has 1 aromatic carbocycles. The maximum absolute atomic E-state index is 12.9. The first-order valence-corrected chi connectivity index (χ1v) is 10.1. The number of aromatic nitrogens is 2. The van der Waals surface area contributed by atoms with Gasteiger partial charge in [-0.2, -0.15) is 0 Å². The van der Waals surface area contributed by atoms with Crippen LogP contribution in [0.15, 0.2) is 29.1 Å². The van der Waals surface area contributed by atoms with Gasteiger partial charge in [0.1, 0.15) is 5.75 Å². The summed E-state index contributed by atoms with van der Waals surface area (Å²) in [7, 11) is 0. The quantitative estimate of drug-likeness (QED) is 0.622. The number of urea groups is 1. The standard InChI is InChI=1S/C19H19F3N4O2S/c20-19(21,22)28-17-8-13-6-15(9-23-18(27)26-4-1-5-26)25-16(13)7-12(17)2-3-14-10-29-11-24-14/h6-8,10-11,25H,1-5,9H2,(H,23,27). The van der Waals surface area contributed by atoms with E-state index in [9.17, 15) is 18.0 Å². The number of nitrogens with one attached hydrogen (secondary N) is 2. The first-order chi connectivity index (χ1) is 13.9. The number of rotatable bonds is 6. The highest BCUT2D eigenvalue weighted by molar-refractivity contribution is 7.07. The van der Waals surface area contributed by atoms with Crippen molar-refractivity contribution in [1.29, 1.82) is 0 Å². The fourth-order valence-electron chi connectivity index (χ4n) is 3.20. The molecule has 0 unspecified atom stereocenters. The maximum Gasteiger partial charge on any atom is 0.573 e. The Hall–Kier alpha value is -2.75. The number of thiazole rings is 1. The van der Waals surface area contributed by atoms with Crippen LogP contribution in [-0.2, 0) is 19.4 Å². The third-order valence-electron chi connectivity index (χ3n) is 4.79. The average Bonchev–Trinajstić information content (AvgIpc) is 3.24. The average molecular weight is 424 g/mol. The molecule has 3 heterocycles. The summed E-state index contributed by atoms with van der Waals surface area (Å²) >= 11 is 1.44. The number of nitrogens with zero attached hydrogens (tertiary/aromatic N) is 2. The van der Waals surface area contributed by atoms with Gasteiger partial charge < -0.3 is 19.9 Å². The Balaban J connectivity index is 1.54. The maximum atomic E-state index is 12.9. The molecule has 10 heteroatoms. The minimum absolute atomic E-state index is 0.139. The lowest BCUT2D eigenvalue weighted by molar-refractivity contribution is -0.274. The normalized spacial score (nSPS) is 14.1. The summed E-state index contributed by atoms with van der Waals surface area (Å²) in [5.74, 6) is -0.213. The number of ether oxygens (including phenoxy) is 1. The minimum atomic E-state index is -4.77. The highest BCUT2D eigenvalue weighted by atomic mass is 32.1. The van der Waals surface area contributed by atoms with Gasteiger partial charge in [0.2, 0.25) is 0 Å². The molecule has 2 amide bonds. The molecule has 0 atom stereocenters. The summed E-state index contributed by atoms with van der Waals surface area (Å²) in [6.07, 6.45) is -2.88. The van der Waals surface area contributed by atoms with Crippen LogP contribution in [0.2, 0.25) is 0 Å². The Labute approximate surface area is 168 Å². The highest BCUT2D eigenvalue weighted by Gasteiger charge is 2.32. The zero-order chi connectivity index (χ0) is 20.4. The van der Waals surface area contributed by atoms with E-state index in [4.69, 9.17) is 0 Å². The zero-order valence-corrected chi connectivity index (χ0v) is 16.2. The van der Waals surface area contributed by atoms with E-state index >= 15 is 0 Å². The molecule has 1 fully saturated rings. The van der Waals surface area contributed by atoms with Gasteiger partial charge in [0.05, 0.1) is 17.7 Å². The molecule has 29 heavy (non-hydrogen) atoms. The number of alkyl halides is 3. The topological polar surface area (TPSA) is 70.2 Å². The molecule has 2 aromatic heterocycles. The van der Waals surface area contributed by atoms with Gasteiger partial charge in [0, 0.05) is 35.1 Å². The van der Waals surface area contributed by atoms with E-state index in [1.54, 1.807) is 22.5 Å². The van der Waals surface area contributed by atoms with E-state index in [0.717, 1.165) is 25.2 Å². The van der Waals surface area contributed by atoms with Crippen molar-refractivity contribution in [2.45, 2.75) is 32.2 Å². The number of carbonyl (C=O) groups is 1. The molecular formula is C19H19F3N4O2S. The Morgan fingerprint density at radius 1 is 1.28 bits per heavy atom. The molecule has 0 spiro atoms. The number of benzene rings is 1. The molecule has 1 aliphatic heterocycles. The smallest absolute Gasteiger partial charge is 0.405 e. The van der Waals surface area contributed by atoms with Gasteiger partial charge >= 0.3 is 12.4 Å². The molecule has 0 saturated carbocycles. The molecule has 154 valence electrons. The van der Waals surface area contributed by atoms with Gasteiger partial charge in [-0.25, -0.2) is 9.78 Å². The first kappa shape index (κ1) is 19.6. The van der Waals surface area contributed by atoms with Crippen molar-refractivity contribution in [3.05, 3.63) is 46.0 Å². The SMILES string of the molecule is O=C(NCc1cc2cc(OC(F)(F)F)c(CCc3cscn3)cc2[nH]1)N1CCC1. The van der Waals surface area contributed by atoms with E-state index in [0.29, 0.717) is 35.0 Å². The van der Waals surface area contributed by atoms with Crippen LogP contribution in [0.3, 0.4) is 0 Å². The Kier molecular flexibility index (Phi) is 5.35. The second-order valence-electron chi connectivity index (χ2n) is 6.87. The van der Waals surface area contributed by atoms with Crippen molar-refractivity contribution in [2.24, 2.45) is 0 Å². The van der Waals surface area contributed by atoms with Gasteiger partial charge in [-0.3, -0.25) is 0 Å². The Bertz CT molecular complexity index is 997. The van der Waals surface area contributed by atoms with E-state index < -0.39 is 6.36 Å².